The van der Waals surface area contributed by atoms with Crippen molar-refractivity contribution in [2.45, 2.75) is 13.5 Å². The molecule has 1 aromatic carbocycles. The molecule has 112 valence electrons. The fourth-order valence-corrected chi connectivity index (χ4v) is 2.01. The molecule has 5 nitrogen and oxygen atoms in total. The van der Waals surface area contributed by atoms with Crippen LogP contribution in [0, 0.1) is 6.92 Å². The minimum absolute atomic E-state index is 0.0244. The first kappa shape index (κ1) is 15.2. The number of amides is 1. The smallest absolute Gasteiger partial charge is 0.387 e. The van der Waals surface area contributed by atoms with Crippen molar-refractivity contribution in [2.75, 3.05) is 5.32 Å². The molecule has 0 radical (unpaired) electrons. The summed E-state index contributed by atoms with van der Waals surface area (Å²) in [6, 6.07) is 4.22. The van der Waals surface area contributed by atoms with Gasteiger partial charge in [0.15, 0.2) is 5.69 Å². The lowest BCUT2D eigenvalue weighted by Crippen LogP contribution is -2.14. The number of hydrogen-bond acceptors (Lipinski definition) is 3. The van der Waals surface area contributed by atoms with Crippen molar-refractivity contribution >= 4 is 23.2 Å². The molecule has 1 heterocycles. The summed E-state index contributed by atoms with van der Waals surface area (Å²) < 4.78 is 29.9. The maximum Gasteiger partial charge on any atom is 0.387 e. The molecule has 0 saturated carbocycles. The maximum atomic E-state index is 12.1. The van der Waals surface area contributed by atoms with Gasteiger partial charge in [-0.2, -0.15) is 13.9 Å². The Hall–Kier alpha value is -2.15. The van der Waals surface area contributed by atoms with Crippen molar-refractivity contribution in [3.63, 3.8) is 0 Å². The van der Waals surface area contributed by atoms with Crippen LogP contribution in [0.2, 0.25) is 5.02 Å². The lowest BCUT2D eigenvalue weighted by Gasteiger charge is -2.10. The van der Waals surface area contributed by atoms with E-state index in [0.717, 1.165) is 0 Å². The van der Waals surface area contributed by atoms with E-state index >= 15 is 0 Å². The van der Waals surface area contributed by atoms with E-state index in [9.17, 15) is 13.6 Å². The molecule has 1 N–H and O–H groups in total. The number of carbonyl (C=O) groups excluding carboxylic acids is 1. The van der Waals surface area contributed by atoms with Crippen molar-refractivity contribution in [3.8, 4) is 5.75 Å². The zero-order valence-electron chi connectivity index (χ0n) is 11.2. The van der Waals surface area contributed by atoms with Gasteiger partial charge in [-0.3, -0.25) is 9.48 Å². The van der Waals surface area contributed by atoms with E-state index in [1.54, 1.807) is 14.0 Å². The molecule has 1 aromatic heterocycles. The monoisotopic (exact) mass is 315 g/mol. The van der Waals surface area contributed by atoms with Crippen LogP contribution in [0.15, 0.2) is 24.4 Å². The summed E-state index contributed by atoms with van der Waals surface area (Å²) in [7, 11) is 1.64. The average Bonchev–Trinajstić information content (AvgIpc) is 2.71. The standard InChI is InChI=1S/C13H12ClF2N3O2/c1-7-5-8(21-13(15)16)3-4-10(7)17-12(20)11-9(14)6-19(2)18-11/h3-6,13H,1-2H3,(H,17,20). The van der Waals surface area contributed by atoms with Gasteiger partial charge < -0.3 is 10.1 Å². The topological polar surface area (TPSA) is 56.1 Å². The Balaban J connectivity index is 2.16. The molecule has 0 unspecified atom stereocenters. The van der Waals surface area contributed by atoms with E-state index in [1.165, 1.54) is 29.1 Å². The van der Waals surface area contributed by atoms with E-state index < -0.39 is 12.5 Å². The normalized spacial score (nSPS) is 10.8. The maximum absolute atomic E-state index is 12.1. The number of carbonyl (C=O) groups is 1. The summed E-state index contributed by atoms with van der Waals surface area (Å²) in [5.41, 5.74) is 1.13. The molecule has 0 saturated heterocycles. The molecule has 8 heteroatoms. The predicted octanol–water partition coefficient (Wildman–Crippen LogP) is 3.24. The van der Waals surface area contributed by atoms with Gasteiger partial charge >= 0.3 is 6.61 Å². The summed E-state index contributed by atoms with van der Waals surface area (Å²) >= 11 is 5.88. The van der Waals surface area contributed by atoms with Gasteiger partial charge in [-0.1, -0.05) is 11.6 Å². The van der Waals surface area contributed by atoms with Crippen LogP contribution in [-0.2, 0) is 7.05 Å². The molecule has 0 aliphatic heterocycles. The summed E-state index contributed by atoms with van der Waals surface area (Å²) in [5, 5.41) is 6.79. The number of ether oxygens (including phenoxy) is 1. The third-order valence-electron chi connectivity index (χ3n) is 2.67. The number of benzene rings is 1. The SMILES string of the molecule is Cc1cc(OC(F)F)ccc1NC(=O)c1nn(C)cc1Cl. The third kappa shape index (κ3) is 3.69. The van der Waals surface area contributed by atoms with Gasteiger partial charge in [0, 0.05) is 18.9 Å². The second kappa shape index (κ2) is 6.09. The van der Waals surface area contributed by atoms with Gasteiger partial charge in [0.2, 0.25) is 0 Å². The number of anilines is 1. The fourth-order valence-electron chi connectivity index (χ4n) is 1.75. The second-order valence-corrected chi connectivity index (χ2v) is 4.72. The zero-order valence-corrected chi connectivity index (χ0v) is 12.0. The number of halogens is 3. The summed E-state index contributed by atoms with van der Waals surface area (Å²) in [6.45, 7) is -1.23. The van der Waals surface area contributed by atoms with Crippen LogP contribution in [-0.4, -0.2) is 22.3 Å². The van der Waals surface area contributed by atoms with Crippen molar-refractivity contribution in [3.05, 3.63) is 40.7 Å². The third-order valence-corrected chi connectivity index (χ3v) is 2.95. The van der Waals surface area contributed by atoms with Crippen LogP contribution in [0.25, 0.3) is 0 Å². The minimum atomic E-state index is -2.89. The number of alkyl halides is 2. The van der Waals surface area contributed by atoms with Gasteiger partial charge in [-0.25, -0.2) is 0 Å². The van der Waals surface area contributed by atoms with Crippen LogP contribution >= 0.6 is 11.6 Å². The molecule has 21 heavy (non-hydrogen) atoms. The first-order valence-corrected chi connectivity index (χ1v) is 6.30. The second-order valence-electron chi connectivity index (χ2n) is 4.31. The first-order chi connectivity index (χ1) is 9.86. The van der Waals surface area contributed by atoms with E-state index in [0.29, 0.717) is 11.3 Å². The van der Waals surface area contributed by atoms with Gasteiger partial charge in [-0.15, -0.1) is 0 Å². The predicted molar refractivity (Wildman–Crippen MR) is 74.0 cm³/mol. The van der Waals surface area contributed by atoms with E-state index in [1.807, 2.05) is 0 Å². The van der Waals surface area contributed by atoms with E-state index in [-0.39, 0.29) is 16.5 Å². The first-order valence-electron chi connectivity index (χ1n) is 5.93. The molecule has 1 amide bonds. The van der Waals surface area contributed by atoms with Crippen molar-refractivity contribution < 1.29 is 18.3 Å². The minimum Gasteiger partial charge on any atom is -0.435 e. The number of aromatic nitrogens is 2. The van der Waals surface area contributed by atoms with Crippen LogP contribution in [0.4, 0.5) is 14.5 Å². The molecule has 0 atom stereocenters. The van der Waals surface area contributed by atoms with E-state index in [2.05, 4.69) is 15.2 Å². The quantitative estimate of drug-likeness (QED) is 0.942. The molecule has 0 fully saturated rings. The Kier molecular flexibility index (Phi) is 4.42. The number of nitrogens with zero attached hydrogens (tertiary/aromatic N) is 2. The lowest BCUT2D eigenvalue weighted by atomic mass is 10.2. The van der Waals surface area contributed by atoms with Crippen LogP contribution in [0.3, 0.4) is 0 Å². The summed E-state index contributed by atoms with van der Waals surface area (Å²) in [6.07, 6.45) is 1.50. The van der Waals surface area contributed by atoms with Gasteiger partial charge in [-0.05, 0) is 30.7 Å². The highest BCUT2D eigenvalue weighted by atomic mass is 35.5. The summed E-state index contributed by atoms with van der Waals surface area (Å²) in [5.74, 6) is -0.456. The molecular weight excluding hydrogens is 304 g/mol. The van der Waals surface area contributed by atoms with Crippen molar-refractivity contribution in [2.24, 2.45) is 7.05 Å². The van der Waals surface area contributed by atoms with Crippen LogP contribution in [0.1, 0.15) is 16.1 Å². The fraction of sp³-hybridized carbons (Fsp3) is 0.231. The molecular formula is C13H12ClF2N3O2. The Labute approximate surface area is 124 Å². The van der Waals surface area contributed by atoms with Crippen molar-refractivity contribution in [1.29, 1.82) is 0 Å². The highest BCUT2D eigenvalue weighted by Gasteiger charge is 2.16. The lowest BCUT2D eigenvalue weighted by molar-refractivity contribution is -0.0498. The molecule has 0 bridgehead atoms. The largest absolute Gasteiger partial charge is 0.435 e. The molecule has 0 spiro atoms. The highest BCUT2D eigenvalue weighted by molar-refractivity contribution is 6.34. The molecule has 0 aliphatic rings. The van der Waals surface area contributed by atoms with Gasteiger partial charge in [0.25, 0.3) is 5.91 Å². The summed E-state index contributed by atoms with van der Waals surface area (Å²) in [4.78, 5) is 12.0. The number of rotatable bonds is 4. The van der Waals surface area contributed by atoms with Crippen LogP contribution in [0.5, 0.6) is 5.75 Å². The number of hydrogen-bond donors (Lipinski definition) is 1. The number of nitrogens with one attached hydrogen (secondary N) is 1. The highest BCUT2D eigenvalue weighted by Crippen LogP contribution is 2.24. The van der Waals surface area contributed by atoms with E-state index in [4.69, 9.17) is 11.6 Å². The van der Waals surface area contributed by atoms with Crippen molar-refractivity contribution in [1.82, 2.24) is 9.78 Å². The Morgan fingerprint density at radius 1 is 1.48 bits per heavy atom. The molecule has 2 rings (SSSR count). The van der Waals surface area contributed by atoms with Gasteiger partial charge in [0.1, 0.15) is 5.75 Å². The average molecular weight is 316 g/mol. The number of aryl methyl sites for hydroxylation is 2. The Bertz CT molecular complexity index is 673. The Morgan fingerprint density at radius 2 is 2.19 bits per heavy atom. The van der Waals surface area contributed by atoms with Crippen LogP contribution < -0.4 is 10.1 Å². The molecule has 0 aliphatic carbocycles. The zero-order chi connectivity index (χ0) is 15.6. The van der Waals surface area contributed by atoms with Gasteiger partial charge in [0.05, 0.1) is 5.02 Å². The molecule has 2 aromatic rings. The Morgan fingerprint density at radius 3 is 2.71 bits per heavy atom.